The van der Waals surface area contributed by atoms with Crippen molar-refractivity contribution in [1.29, 1.82) is 0 Å². The molecule has 0 spiro atoms. The first kappa shape index (κ1) is 16.6. The molecule has 2 fully saturated rings. The maximum atomic E-state index is 5.89. The molecule has 1 saturated heterocycles. The van der Waals surface area contributed by atoms with Crippen LogP contribution in [0.2, 0.25) is 0 Å². The van der Waals surface area contributed by atoms with E-state index in [9.17, 15) is 0 Å². The number of hydrogen-bond donors (Lipinski definition) is 1. The molecule has 2 heterocycles. The second kappa shape index (κ2) is 7.54. The van der Waals surface area contributed by atoms with E-state index in [1.54, 1.807) is 0 Å². The second-order valence-electron chi connectivity index (χ2n) is 7.21. The number of nitrogens with zero attached hydrogens (tertiary/aromatic N) is 1. The fraction of sp³-hybridized carbons (Fsp3) is 0.476. The summed E-state index contributed by atoms with van der Waals surface area (Å²) >= 11 is 0. The average Bonchev–Trinajstić information content (AvgIpc) is 3.08. The van der Waals surface area contributed by atoms with Crippen LogP contribution in [-0.4, -0.2) is 30.3 Å². The SMILES string of the molecule is Cc1ccccc1C1CC(NCc2ccnc(O[C@H]3CCOC3)c2)C1. The van der Waals surface area contributed by atoms with Gasteiger partial charge in [0.25, 0.3) is 0 Å². The summed E-state index contributed by atoms with van der Waals surface area (Å²) < 4.78 is 11.2. The smallest absolute Gasteiger partial charge is 0.213 e. The van der Waals surface area contributed by atoms with Gasteiger partial charge in [0.15, 0.2) is 0 Å². The molecule has 4 heteroatoms. The molecular formula is C21H26N2O2. The molecule has 0 radical (unpaired) electrons. The number of hydrogen-bond acceptors (Lipinski definition) is 4. The normalized spacial score (nSPS) is 25.6. The summed E-state index contributed by atoms with van der Waals surface area (Å²) in [6, 6.07) is 13.5. The molecule has 1 aromatic heterocycles. The Balaban J connectivity index is 1.26. The van der Waals surface area contributed by atoms with Crippen LogP contribution in [0, 0.1) is 6.92 Å². The third-order valence-electron chi connectivity index (χ3n) is 5.34. The van der Waals surface area contributed by atoms with Crippen molar-refractivity contribution >= 4 is 0 Å². The molecule has 0 unspecified atom stereocenters. The van der Waals surface area contributed by atoms with Crippen molar-refractivity contribution in [1.82, 2.24) is 10.3 Å². The first-order valence-corrected chi connectivity index (χ1v) is 9.26. The topological polar surface area (TPSA) is 43.4 Å². The molecule has 0 bridgehead atoms. The lowest BCUT2D eigenvalue weighted by Gasteiger charge is -2.37. The van der Waals surface area contributed by atoms with Gasteiger partial charge in [0, 0.05) is 31.3 Å². The van der Waals surface area contributed by atoms with Gasteiger partial charge in [-0.3, -0.25) is 0 Å². The number of nitrogens with one attached hydrogen (secondary N) is 1. The molecule has 1 aromatic carbocycles. The van der Waals surface area contributed by atoms with Crippen LogP contribution in [0.15, 0.2) is 42.6 Å². The van der Waals surface area contributed by atoms with E-state index >= 15 is 0 Å². The Morgan fingerprint density at radius 2 is 2.12 bits per heavy atom. The molecule has 2 aromatic rings. The lowest BCUT2D eigenvalue weighted by Crippen LogP contribution is -2.39. The van der Waals surface area contributed by atoms with E-state index in [0.717, 1.165) is 19.6 Å². The summed E-state index contributed by atoms with van der Waals surface area (Å²) in [7, 11) is 0. The number of ether oxygens (including phenoxy) is 2. The van der Waals surface area contributed by atoms with Gasteiger partial charge in [-0.1, -0.05) is 24.3 Å². The summed E-state index contributed by atoms with van der Waals surface area (Å²) in [6.07, 6.45) is 5.38. The maximum absolute atomic E-state index is 5.89. The summed E-state index contributed by atoms with van der Waals surface area (Å²) in [5.41, 5.74) is 4.15. The van der Waals surface area contributed by atoms with Crippen molar-refractivity contribution in [3.8, 4) is 5.88 Å². The molecular weight excluding hydrogens is 312 g/mol. The van der Waals surface area contributed by atoms with Crippen molar-refractivity contribution in [3.63, 3.8) is 0 Å². The van der Waals surface area contributed by atoms with Crippen LogP contribution < -0.4 is 10.1 Å². The van der Waals surface area contributed by atoms with E-state index in [2.05, 4.69) is 47.6 Å². The molecule has 4 rings (SSSR count). The highest BCUT2D eigenvalue weighted by molar-refractivity contribution is 5.31. The fourth-order valence-corrected chi connectivity index (χ4v) is 3.75. The zero-order valence-electron chi connectivity index (χ0n) is 14.8. The van der Waals surface area contributed by atoms with E-state index in [4.69, 9.17) is 9.47 Å². The minimum atomic E-state index is 0.150. The number of aryl methyl sites for hydroxylation is 1. The van der Waals surface area contributed by atoms with Crippen molar-refractivity contribution in [3.05, 3.63) is 59.3 Å². The Morgan fingerprint density at radius 1 is 1.24 bits per heavy atom. The lowest BCUT2D eigenvalue weighted by molar-refractivity contribution is 0.138. The van der Waals surface area contributed by atoms with Crippen molar-refractivity contribution in [2.45, 2.75) is 50.8 Å². The Labute approximate surface area is 149 Å². The fourth-order valence-electron chi connectivity index (χ4n) is 3.75. The monoisotopic (exact) mass is 338 g/mol. The van der Waals surface area contributed by atoms with Crippen LogP contribution in [-0.2, 0) is 11.3 Å². The van der Waals surface area contributed by atoms with Gasteiger partial charge in [-0.05, 0) is 48.4 Å². The highest BCUT2D eigenvalue weighted by Gasteiger charge is 2.30. The van der Waals surface area contributed by atoms with E-state index in [0.29, 0.717) is 24.4 Å². The molecule has 4 nitrogen and oxygen atoms in total. The molecule has 1 saturated carbocycles. The van der Waals surface area contributed by atoms with Gasteiger partial charge in [-0.2, -0.15) is 0 Å². The zero-order valence-corrected chi connectivity index (χ0v) is 14.8. The van der Waals surface area contributed by atoms with Gasteiger partial charge in [0.05, 0.1) is 13.2 Å². The van der Waals surface area contributed by atoms with E-state index < -0.39 is 0 Å². The largest absolute Gasteiger partial charge is 0.472 e. The van der Waals surface area contributed by atoms with Gasteiger partial charge in [0.1, 0.15) is 6.10 Å². The average molecular weight is 338 g/mol. The van der Waals surface area contributed by atoms with Crippen LogP contribution in [0.1, 0.15) is 41.9 Å². The van der Waals surface area contributed by atoms with E-state index in [1.807, 2.05) is 12.3 Å². The van der Waals surface area contributed by atoms with Gasteiger partial charge >= 0.3 is 0 Å². The van der Waals surface area contributed by atoms with Crippen LogP contribution in [0.3, 0.4) is 0 Å². The standard InChI is InChI=1S/C21H26N2O2/c1-15-4-2-3-5-20(15)17-11-18(12-17)23-13-16-6-8-22-21(10-16)25-19-7-9-24-14-19/h2-6,8,10,17-19,23H,7,9,11-14H2,1H3/t17?,18?,19-/m0/s1. The Kier molecular flexibility index (Phi) is 4.99. The number of rotatable bonds is 6. The Morgan fingerprint density at radius 3 is 2.92 bits per heavy atom. The molecule has 1 aliphatic carbocycles. The maximum Gasteiger partial charge on any atom is 0.213 e. The minimum absolute atomic E-state index is 0.150. The van der Waals surface area contributed by atoms with Crippen LogP contribution in [0.5, 0.6) is 5.88 Å². The van der Waals surface area contributed by atoms with Gasteiger partial charge < -0.3 is 14.8 Å². The molecule has 132 valence electrons. The Hall–Kier alpha value is -1.91. The molecule has 0 amide bonds. The van der Waals surface area contributed by atoms with Gasteiger partial charge in [0.2, 0.25) is 5.88 Å². The number of pyridine rings is 1. The third-order valence-corrected chi connectivity index (χ3v) is 5.34. The quantitative estimate of drug-likeness (QED) is 0.874. The Bertz CT molecular complexity index is 707. The summed E-state index contributed by atoms with van der Waals surface area (Å²) in [4.78, 5) is 4.32. The highest BCUT2D eigenvalue weighted by atomic mass is 16.5. The van der Waals surface area contributed by atoms with Crippen molar-refractivity contribution < 1.29 is 9.47 Å². The predicted octanol–water partition coefficient (Wildman–Crippen LogP) is 3.59. The van der Waals surface area contributed by atoms with E-state index in [1.165, 1.54) is 29.5 Å². The summed E-state index contributed by atoms with van der Waals surface area (Å²) in [5, 5.41) is 3.67. The third kappa shape index (κ3) is 4.02. The first-order valence-electron chi connectivity index (χ1n) is 9.26. The second-order valence-corrected chi connectivity index (χ2v) is 7.21. The van der Waals surface area contributed by atoms with Crippen LogP contribution in [0.25, 0.3) is 0 Å². The van der Waals surface area contributed by atoms with E-state index in [-0.39, 0.29) is 6.10 Å². The van der Waals surface area contributed by atoms with Gasteiger partial charge in [-0.25, -0.2) is 4.98 Å². The zero-order chi connectivity index (χ0) is 17.1. The molecule has 25 heavy (non-hydrogen) atoms. The van der Waals surface area contributed by atoms with Gasteiger partial charge in [-0.15, -0.1) is 0 Å². The van der Waals surface area contributed by atoms with Crippen molar-refractivity contribution in [2.24, 2.45) is 0 Å². The lowest BCUT2D eigenvalue weighted by atomic mass is 9.74. The van der Waals surface area contributed by atoms with Crippen molar-refractivity contribution in [2.75, 3.05) is 13.2 Å². The molecule has 1 N–H and O–H groups in total. The highest BCUT2D eigenvalue weighted by Crippen LogP contribution is 2.38. The molecule has 1 atom stereocenters. The molecule has 2 aliphatic rings. The van der Waals surface area contributed by atoms with Crippen LogP contribution >= 0.6 is 0 Å². The van der Waals surface area contributed by atoms with Crippen LogP contribution in [0.4, 0.5) is 0 Å². The number of aromatic nitrogens is 1. The molecule has 1 aliphatic heterocycles. The first-order chi connectivity index (χ1) is 12.3. The minimum Gasteiger partial charge on any atom is -0.472 e. The number of benzene rings is 1. The summed E-state index contributed by atoms with van der Waals surface area (Å²) in [5.74, 6) is 1.42. The summed E-state index contributed by atoms with van der Waals surface area (Å²) in [6.45, 7) is 4.54. The predicted molar refractivity (Wildman–Crippen MR) is 97.9 cm³/mol.